The highest BCUT2D eigenvalue weighted by Crippen LogP contribution is 2.30. The molecular weight excluding hydrogens is 370 g/mol. The Kier molecular flexibility index (Phi) is 5.44. The molecule has 5 nitrogen and oxygen atoms in total. The molecule has 2 aromatic carbocycles. The Morgan fingerprint density at radius 2 is 2.08 bits per heavy atom. The maximum absolute atomic E-state index is 11.9. The molecule has 1 aliphatic rings. The van der Waals surface area contributed by atoms with Gasteiger partial charge >= 0.3 is 5.97 Å². The van der Waals surface area contributed by atoms with Crippen LogP contribution in [0.5, 0.6) is 0 Å². The molecule has 0 amide bonds. The van der Waals surface area contributed by atoms with Crippen LogP contribution in [0.3, 0.4) is 0 Å². The zero-order valence-corrected chi connectivity index (χ0v) is 15.9. The van der Waals surface area contributed by atoms with Gasteiger partial charge in [-0.2, -0.15) is 0 Å². The number of nitrogens with zero attached hydrogens (tertiary/aromatic N) is 1. The molecule has 26 heavy (non-hydrogen) atoms. The summed E-state index contributed by atoms with van der Waals surface area (Å²) in [5, 5.41) is 7.53. The van der Waals surface area contributed by atoms with Crippen LogP contribution in [0.2, 0.25) is 5.02 Å². The number of thiocarbonyl (C=S) groups is 1. The van der Waals surface area contributed by atoms with Crippen molar-refractivity contribution < 1.29 is 9.53 Å². The first kappa shape index (κ1) is 18.2. The first-order chi connectivity index (χ1) is 12.5. The third-order valence-electron chi connectivity index (χ3n) is 4.00. The van der Waals surface area contributed by atoms with E-state index in [4.69, 9.17) is 28.6 Å². The number of allylic oxidation sites excluding steroid dienone is 1. The molecule has 1 heterocycles. The summed E-state index contributed by atoms with van der Waals surface area (Å²) < 4.78 is 4.82. The summed E-state index contributed by atoms with van der Waals surface area (Å²) in [5.41, 5.74) is 7.35. The Balaban J connectivity index is 1.99. The van der Waals surface area contributed by atoms with Gasteiger partial charge in [-0.1, -0.05) is 42.0 Å². The van der Waals surface area contributed by atoms with E-state index in [0.29, 0.717) is 10.6 Å². The number of anilines is 1. The van der Waals surface area contributed by atoms with Gasteiger partial charge in [0.15, 0.2) is 0 Å². The topological polar surface area (TPSA) is 53.6 Å². The lowest BCUT2D eigenvalue weighted by Gasteiger charge is -2.28. The number of carbonyl (C=O) groups excluding carboxylic acids is 1. The van der Waals surface area contributed by atoms with Crippen molar-refractivity contribution in [2.45, 2.75) is 13.1 Å². The lowest BCUT2D eigenvalue weighted by molar-refractivity contribution is 0.0600. The van der Waals surface area contributed by atoms with Crippen molar-refractivity contribution in [1.29, 1.82) is 0 Å². The fraction of sp³-hybridized carbons (Fsp3) is 0.158. The van der Waals surface area contributed by atoms with Crippen molar-refractivity contribution in [2.24, 2.45) is 0 Å². The minimum absolute atomic E-state index is 0.222. The molecule has 0 aromatic heterocycles. The van der Waals surface area contributed by atoms with E-state index in [1.165, 1.54) is 7.11 Å². The zero-order valence-electron chi connectivity index (χ0n) is 14.3. The molecule has 2 aromatic rings. The molecule has 1 unspecified atom stereocenters. The average molecular weight is 388 g/mol. The molecule has 0 bridgehead atoms. The van der Waals surface area contributed by atoms with E-state index < -0.39 is 0 Å². The molecule has 3 rings (SSSR count). The highest BCUT2D eigenvalue weighted by Gasteiger charge is 2.29. The second kappa shape index (κ2) is 7.76. The quantitative estimate of drug-likeness (QED) is 0.595. The summed E-state index contributed by atoms with van der Waals surface area (Å²) in [7, 11) is 1.37. The van der Waals surface area contributed by atoms with Crippen LogP contribution in [0.4, 0.5) is 5.69 Å². The molecule has 0 radical (unpaired) electrons. The molecule has 0 spiro atoms. The molecule has 0 fully saturated rings. The maximum atomic E-state index is 11.9. The van der Waals surface area contributed by atoms with Gasteiger partial charge in [0, 0.05) is 21.7 Å². The summed E-state index contributed by atoms with van der Waals surface area (Å²) in [6, 6.07) is 14.7. The summed E-state index contributed by atoms with van der Waals surface area (Å²) in [6.07, 6.45) is -0.222. The third kappa shape index (κ3) is 3.66. The minimum Gasteiger partial charge on any atom is -0.465 e. The fourth-order valence-electron chi connectivity index (χ4n) is 2.86. The Labute approximate surface area is 162 Å². The van der Waals surface area contributed by atoms with Gasteiger partial charge in [0.1, 0.15) is 6.17 Å². The molecule has 2 N–H and O–H groups in total. The van der Waals surface area contributed by atoms with E-state index in [2.05, 4.69) is 10.7 Å². The van der Waals surface area contributed by atoms with Crippen LogP contribution in [0.1, 0.15) is 22.8 Å². The van der Waals surface area contributed by atoms with E-state index in [1.807, 2.05) is 48.3 Å². The third-order valence-corrected chi connectivity index (χ3v) is 4.49. The normalized spacial score (nSPS) is 16.3. The number of hydrogen-bond acceptors (Lipinski definition) is 6. The Bertz CT molecular complexity index is 885. The second-order valence-corrected chi connectivity index (χ2v) is 6.47. The molecule has 0 aliphatic carbocycles. The Morgan fingerprint density at radius 1 is 1.31 bits per heavy atom. The SMILES string of the molecule is COC(=O)c1cccc(C2=C(C)NC(C=S)N2Nc2cccc(Cl)c2)c1. The number of ether oxygens (including phenoxy) is 1. The van der Waals surface area contributed by atoms with Crippen molar-refractivity contribution in [1.82, 2.24) is 10.3 Å². The Hall–Kier alpha value is -2.57. The van der Waals surface area contributed by atoms with E-state index in [0.717, 1.165) is 22.6 Å². The predicted octanol–water partition coefficient (Wildman–Crippen LogP) is 4.07. The molecule has 1 atom stereocenters. The zero-order chi connectivity index (χ0) is 18.7. The second-order valence-electron chi connectivity index (χ2n) is 5.76. The summed E-state index contributed by atoms with van der Waals surface area (Å²) in [4.78, 5) is 11.9. The number of nitrogens with one attached hydrogen (secondary N) is 2. The van der Waals surface area contributed by atoms with Crippen molar-refractivity contribution in [3.63, 3.8) is 0 Å². The smallest absolute Gasteiger partial charge is 0.337 e. The van der Waals surface area contributed by atoms with Crippen LogP contribution in [0.15, 0.2) is 54.2 Å². The average Bonchev–Trinajstić information content (AvgIpc) is 2.96. The number of benzene rings is 2. The minimum atomic E-state index is -0.378. The van der Waals surface area contributed by atoms with Crippen molar-refractivity contribution in [2.75, 3.05) is 12.5 Å². The lowest BCUT2D eigenvalue weighted by Crippen LogP contribution is -2.41. The largest absolute Gasteiger partial charge is 0.465 e. The van der Waals surface area contributed by atoms with Crippen molar-refractivity contribution in [3.05, 3.63) is 70.4 Å². The first-order valence-corrected chi connectivity index (χ1v) is 8.81. The number of methoxy groups -OCH3 is 1. The molecule has 134 valence electrons. The summed E-state index contributed by atoms with van der Waals surface area (Å²) in [6.45, 7) is 1.96. The van der Waals surface area contributed by atoms with Gasteiger partial charge < -0.3 is 10.1 Å². The highest BCUT2D eigenvalue weighted by atomic mass is 35.5. The maximum Gasteiger partial charge on any atom is 0.337 e. The number of hydrogen-bond donors (Lipinski definition) is 2. The van der Waals surface area contributed by atoms with Gasteiger partial charge in [-0.25, -0.2) is 4.79 Å². The number of rotatable bonds is 5. The van der Waals surface area contributed by atoms with Gasteiger partial charge in [-0.3, -0.25) is 10.4 Å². The van der Waals surface area contributed by atoms with Crippen LogP contribution >= 0.6 is 23.8 Å². The van der Waals surface area contributed by atoms with Gasteiger partial charge in [0.2, 0.25) is 0 Å². The van der Waals surface area contributed by atoms with Gasteiger partial charge in [-0.15, -0.1) is 0 Å². The monoisotopic (exact) mass is 387 g/mol. The Morgan fingerprint density at radius 3 is 2.77 bits per heavy atom. The summed E-state index contributed by atoms with van der Waals surface area (Å²) in [5.74, 6) is -0.378. The number of hydrazine groups is 1. The van der Waals surface area contributed by atoms with Crippen LogP contribution < -0.4 is 10.7 Å². The molecular formula is C19H18ClN3O2S. The summed E-state index contributed by atoms with van der Waals surface area (Å²) >= 11 is 11.3. The van der Waals surface area contributed by atoms with Crippen LogP contribution in [-0.4, -0.2) is 29.6 Å². The first-order valence-electron chi connectivity index (χ1n) is 7.96. The molecule has 1 aliphatic heterocycles. The van der Waals surface area contributed by atoms with Gasteiger partial charge in [0.25, 0.3) is 0 Å². The van der Waals surface area contributed by atoms with Crippen LogP contribution in [0, 0.1) is 0 Å². The van der Waals surface area contributed by atoms with Gasteiger partial charge in [0.05, 0.1) is 24.1 Å². The standard InChI is InChI=1S/C19H18ClN3O2S/c1-12-18(13-5-3-6-14(9-13)19(24)25-2)23(17(11-26)21-12)22-16-8-4-7-15(20)10-16/h3-11,17,21-22H,1-2H3. The van der Waals surface area contributed by atoms with Crippen LogP contribution in [-0.2, 0) is 4.74 Å². The van der Waals surface area contributed by atoms with E-state index in [-0.39, 0.29) is 12.1 Å². The van der Waals surface area contributed by atoms with Crippen molar-refractivity contribution in [3.8, 4) is 0 Å². The van der Waals surface area contributed by atoms with E-state index in [1.54, 1.807) is 17.5 Å². The number of esters is 1. The number of halogens is 1. The van der Waals surface area contributed by atoms with Gasteiger partial charge in [-0.05, 0) is 37.3 Å². The predicted molar refractivity (Wildman–Crippen MR) is 108 cm³/mol. The van der Waals surface area contributed by atoms with E-state index >= 15 is 0 Å². The molecule has 0 saturated carbocycles. The van der Waals surface area contributed by atoms with E-state index in [9.17, 15) is 4.79 Å². The molecule has 0 saturated heterocycles. The van der Waals surface area contributed by atoms with Crippen molar-refractivity contribution >= 4 is 46.5 Å². The molecule has 7 heteroatoms. The highest BCUT2D eigenvalue weighted by molar-refractivity contribution is 7.79. The number of carbonyl (C=O) groups is 1. The lowest BCUT2D eigenvalue weighted by atomic mass is 10.1. The fourth-order valence-corrected chi connectivity index (χ4v) is 3.24. The van der Waals surface area contributed by atoms with Crippen LogP contribution in [0.25, 0.3) is 5.70 Å².